The average Bonchev–Trinajstić information content (AvgIpc) is 3.71. The van der Waals surface area contributed by atoms with E-state index in [2.05, 4.69) is 133 Å². The first-order valence-corrected chi connectivity index (χ1v) is 15.2. The van der Waals surface area contributed by atoms with Crippen LogP contribution in [0.5, 0.6) is 0 Å². The Morgan fingerprint density at radius 2 is 1.38 bits per heavy atom. The summed E-state index contributed by atoms with van der Waals surface area (Å²) in [5.74, 6) is 2.21. The highest BCUT2D eigenvalue weighted by Crippen LogP contribution is 2.53. The predicted molar refractivity (Wildman–Crippen MR) is 172 cm³/mol. The van der Waals surface area contributed by atoms with Crippen LogP contribution >= 0.6 is 0 Å². The van der Waals surface area contributed by atoms with E-state index in [1.54, 1.807) is 0 Å². The van der Waals surface area contributed by atoms with Crippen molar-refractivity contribution in [3.05, 3.63) is 107 Å². The van der Waals surface area contributed by atoms with Gasteiger partial charge in [0.05, 0.1) is 12.7 Å². The number of rotatable bonds is 7. The van der Waals surface area contributed by atoms with Crippen molar-refractivity contribution in [3.63, 3.8) is 0 Å². The van der Waals surface area contributed by atoms with E-state index >= 15 is 0 Å². The van der Waals surface area contributed by atoms with Crippen molar-refractivity contribution < 1.29 is 4.74 Å². The summed E-state index contributed by atoms with van der Waals surface area (Å²) in [6, 6.07) is 31.7. The minimum Gasteiger partial charge on any atom is -0.373 e. The van der Waals surface area contributed by atoms with Crippen molar-refractivity contribution in [2.75, 3.05) is 0 Å². The molecule has 1 fully saturated rings. The van der Waals surface area contributed by atoms with Crippen LogP contribution in [0.25, 0.3) is 32.3 Å². The molecule has 1 aliphatic rings. The minimum absolute atomic E-state index is 0.208. The second kappa shape index (κ2) is 10.3. The molecular weight excluding hydrogens is 484 g/mol. The summed E-state index contributed by atoms with van der Waals surface area (Å²) in [5, 5.41) is 8.07. The standard InChI is InChI=1S/C39H44O/c1-24(2)38(39(5,6)7)32-18-12-17-31-34(32)19-25(3)20-35(31)36-22-33(36)26(4)40-23-37-29-15-10-8-13-27(29)21-28-14-9-11-16-30(28)37/h8-21,24,26,33,36,38H,22-23H2,1-7H3. The molecule has 0 saturated heterocycles. The molecule has 40 heavy (non-hydrogen) atoms. The second-order valence-corrected chi connectivity index (χ2v) is 13.7. The zero-order valence-corrected chi connectivity index (χ0v) is 25.3. The third kappa shape index (κ3) is 4.94. The van der Waals surface area contributed by atoms with Gasteiger partial charge >= 0.3 is 0 Å². The van der Waals surface area contributed by atoms with Crippen LogP contribution in [0, 0.1) is 24.2 Å². The molecule has 0 bridgehead atoms. The van der Waals surface area contributed by atoms with Crippen molar-refractivity contribution in [3.8, 4) is 0 Å². The van der Waals surface area contributed by atoms with E-state index in [1.165, 1.54) is 61.0 Å². The molecule has 1 saturated carbocycles. The molecule has 1 nitrogen and oxygen atoms in total. The summed E-state index contributed by atoms with van der Waals surface area (Å²) in [5.41, 5.74) is 5.92. The van der Waals surface area contributed by atoms with E-state index in [9.17, 15) is 0 Å². The molecule has 0 aliphatic heterocycles. The van der Waals surface area contributed by atoms with Gasteiger partial charge in [0.1, 0.15) is 0 Å². The minimum atomic E-state index is 0.208. The lowest BCUT2D eigenvalue weighted by molar-refractivity contribution is 0.0386. The molecule has 5 aromatic rings. The number of ether oxygens (including phenoxy) is 1. The Morgan fingerprint density at radius 1 is 0.750 bits per heavy atom. The highest BCUT2D eigenvalue weighted by Gasteiger charge is 2.43. The Bertz CT molecular complexity index is 1630. The van der Waals surface area contributed by atoms with Crippen LogP contribution in [0.4, 0.5) is 0 Å². The van der Waals surface area contributed by atoms with Gasteiger partial charge in [-0.1, -0.05) is 119 Å². The third-order valence-corrected chi connectivity index (χ3v) is 9.36. The molecule has 1 heteroatoms. The van der Waals surface area contributed by atoms with Gasteiger partial charge in [-0.2, -0.15) is 0 Å². The van der Waals surface area contributed by atoms with Gasteiger partial charge in [-0.25, -0.2) is 0 Å². The maximum atomic E-state index is 6.70. The quantitative estimate of drug-likeness (QED) is 0.191. The van der Waals surface area contributed by atoms with Crippen LogP contribution in [0.15, 0.2) is 84.9 Å². The maximum Gasteiger partial charge on any atom is 0.0732 e. The van der Waals surface area contributed by atoms with Gasteiger partial charge in [0.2, 0.25) is 0 Å². The van der Waals surface area contributed by atoms with Crippen molar-refractivity contribution in [2.45, 2.75) is 79.4 Å². The molecule has 1 aliphatic carbocycles. The first-order chi connectivity index (χ1) is 19.1. The summed E-state index contributed by atoms with van der Waals surface area (Å²) in [4.78, 5) is 0. The van der Waals surface area contributed by atoms with Crippen molar-refractivity contribution >= 4 is 32.3 Å². The van der Waals surface area contributed by atoms with Crippen LogP contribution in [-0.2, 0) is 11.3 Å². The van der Waals surface area contributed by atoms with Crippen LogP contribution in [0.3, 0.4) is 0 Å². The fourth-order valence-electron chi connectivity index (χ4n) is 7.68. The first kappa shape index (κ1) is 27.0. The highest BCUT2D eigenvalue weighted by molar-refractivity contribution is 6.02. The molecule has 4 atom stereocenters. The van der Waals surface area contributed by atoms with Crippen LogP contribution in [0.1, 0.15) is 82.1 Å². The fourth-order valence-corrected chi connectivity index (χ4v) is 7.68. The Hall–Kier alpha value is -3.16. The van der Waals surface area contributed by atoms with Gasteiger partial charge in [-0.3, -0.25) is 0 Å². The zero-order chi connectivity index (χ0) is 28.2. The summed E-state index contributed by atoms with van der Waals surface area (Å²) >= 11 is 0. The van der Waals surface area contributed by atoms with Crippen molar-refractivity contribution in [1.29, 1.82) is 0 Å². The Morgan fingerprint density at radius 3 is 2.00 bits per heavy atom. The molecule has 6 rings (SSSR count). The van der Waals surface area contributed by atoms with Gasteiger partial charge in [0.15, 0.2) is 0 Å². The summed E-state index contributed by atoms with van der Waals surface area (Å²) in [6.07, 6.45) is 1.41. The summed E-state index contributed by atoms with van der Waals surface area (Å²) in [7, 11) is 0. The Kier molecular flexibility index (Phi) is 6.99. The molecule has 0 aromatic heterocycles. The summed E-state index contributed by atoms with van der Waals surface area (Å²) < 4.78 is 6.70. The van der Waals surface area contributed by atoms with Gasteiger partial charge in [-0.05, 0) is 104 Å². The topological polar surface area (TPSA) is 9.23 Å². The maximum absolute atomic E-state index is 6.70. The molecule has 0 heterocycles. The number of fused-ring (bicyclic) bond motifs is 3. The lowest BCUT2D eigenvalue weighted by atomic mass is 9.69. The van der Waals surface area contributed by atoms with E-state index in [-0.39, 0.29) is 11.5 Å². The lowest BCUT2D eigenvalue weighted by Crippen LogP contribution is -2.23. The third-order valence-electron chi connectivity index (χ3n) is 9.36. The fraction of sp³-hybridized carbons (Fsp3) is 0.385. The van der Waals surface area contributed by atoms with E-state index < -0.39 is 0 Å². The van der Waals surface area contributed by atoms with Crippen LogP contribution in [0.2, 0.25) is 0 Å². The van der Waals surface area contributed by atoms with E-state index in [1.807, 2.05) is 0 Å². The Labute approximate surface area is 240 Å². The molecular formula is C39H44O. The molecule has 5 aromatic carbocycles. The van der Waals surface area contributed by atoms with Crippen LogP contribution < -0.4 is 0 Å². The zero-order valence-electron chi connectivity index (χ0n) is 25.3. The first-order valence-electron chi connectivity index (χ1n) is 15.2. The molecule has 4 unspecified atom stereocenters. The highest BCUT2D eigenvalue weighted by atomic mass is 16.5. The molecule has 0 amide bonds. The number of hydrogen-bond acceptors (Lipinski definition) is 1. The van der Waals surface area contributed by atoms with Crippen LogP contribution in [-0.4, -0.2) is 6.10 Å². The van der Waals surface area contributed by atoms with Gasteiger partial charge < -0.3 is 4.74 Å². The monoisotopic (exact) mass is 528 g/mol. The molecule has 0 spiro atoms. The van der Waals surface area contributed by atoms with E-state index in [0.29, 0.717) is 30.3 Å². The number of hydrogen-bond donors (Lipinski definition) is 0. The predicted octanol–water partition coefficient (Wildman–Crippen LogP) is 10.9. The SMILES string of the molecule is Cc1cc(C2CC2C(C)OCc2c3ccccc3cc3ccccc23)c2cccc(C(C(C)C)C(C)(C)C)c2c1. The number of aryl methyl sites for hydroxylation is 1. The van der Waals surface area contributed by atoms with E-state index in [0.717, 1.165) is 0 Å². The Balaban J connectivity index is 1.29. The van der Waals surface area contributed by atoms with E-state index in [4.69, 9.17) is 4.74 Å². The number of benzene rings is 5. The largest absolute Gasteiger partial charge is 0.373 e. The van der Waals surface area contributed by atoms with Crippen molar-refractivity contribution in [2.24, 2.45) is 17.3 Å². The lowest BCUT2D eigenvalue weighted by Gasteiger charge is -2.35. The molecule has 0 radical (unpaired) electrons. The summed E-state index contributed by atoms with van der Waals surface area (Å²) in [6.45, 7) is 17.1. The van der Waals surface area contributed by atoms with Gasteiger partial charge in [0.25, 0.3) is 0 Å². The molecule has 0 N–H and O–H groups in total. The second-order valence-electron chi connectivity index (χ2n) is 13.7. The van der Waals surface area contributed by atoms with Crippen molar-refractivity contribution in [1.82, 2.24) is 0 Å². The molecule has 206 valence electrons. The smallest absolute Gasteiger partial charge is 0.0732 e. The van der Waals surface area contributed by atoms with Gasteiger partial charge in [-0.15, -0.1) is 0 Å². The normalized spacial score (nSPS) is 19.0. The average molecular weight is 529 g/mol. The van der Waals surface area contributed by atoms with Gasteiger partial charge in [0, 0.05) is 0 Å².